The van der Waals surface area contributed by atoms with E-state index in [1.54, 1.807) is 10.6 Å². The van der Waals surface area contributed by atoms with Crippen LogP contribution in [0.15, 0.2) is 71.5 Å². The first-order valence-corrected chi connectivity index (χ1v) is 13.0. The minimum absolute atomic E-state index is 0.0838. The van der Waals surface area contributed by atoms with Crippen LogP contribution in [-0.4, -0.2) is 32.5 Å². The van der Waals surface area contributed by atoms with Gasteiger partial charge in [-0.05, 0) is 78.8 Å². The van der Waals surface area contributed by atoms with Crippen LogP contribution < -0.4 is 10.4 Å². The number of hydrogen-bond donors (Lipinski definition) is 1. The fraction of sp³-hybridized carbons (Fsp3) is 0.300. The van der Waals surface area contributed by atoms with Gasteiger partial charge < -0.3 is 9.84 Å². The van der Waals surface area contributed by atoms with Crippen LogP contribution in [0.25, 0.3) is 16.8 Å². The predicted molar refractivity (Wildman–Crippen MR) is 143 cm³/mol. The molecule has 10 heteroatoms. The Bertz CT molecular complexity index is 1570. The summed E-state index contributed by atoms with van der Waals surface area (Å²) in [7, 11) is 1.51. The molecule has 0 aliphatic heterocycles. The summed E-state index contributed by atoms with van der Waals surface area (Å²) < 4.78 is 47.0. The minimum Gasteiger partial charge on any atom is -0.496 e. The third kappa shape index (κ3) is 5.95. The molecule has 4 aromatic rings. The summed E-state index contributed by atoms with van der Waals surface area (Å²) in [6.45, 7) is 0. The molecule has 0 radical (unpaired) electrons. The second-order valence-corrected chi connectivity index (χ2v) is 9.90. The number of halogens is 3. The number of hydrogen-bond acceptors (Lipinski definition) is 4. The lowest BCUT2D eigenvalue weighted by Crippen LogP contribution is -2.24. The molecule has 1 fully saturated rings. The highest BCUT2D eigenvalue weighted by molar-refractivity contribution is 5.74. The number of carbonyl (C=O) groups is 1. The van der Waals surface area contributed by atoms with Gasteiger partial charge in [0.25, 0.3) is 0 Å². The van der Waals surface area contributed by atoms with E-state index in [0.29, 0.717) is 29.2 Å². The van der Waals surface area contributed by atoms with Crippen molar-refractivity contribution < 1.29 is 27.8 Å². The highest BCUT2D eigenvalue weighted by Crippen LogP contribution is 2.35. The average molecular weight is 552 g/mol. The van der Waals surface area contributed by atoms with E-state index in [-0.39, 0.29) is 18.2 Å². The summed E-state index contributed by atoms with van der Waals surface area (Å²) in [5, 5.41) is 13.7. The van der Waals surface area contributed by atoms with Gasteiger partial charge in [0, 0.05) is 18.0 Å². The van der Waals surface area contributed by atoms with Crippen molar-refractivity contribution in [3.8, 4) is 22.6 Å². The lowest BCUT2D eigenvalue weighted by molar-refractivity contribution is -0.138. The maximum atomic E-state index is 13.1. The fourth-order valence-corrected chi connectivity index (χ4v) is 4.82. The van der Waals surface area contributed by atoms with Crippen LogP contribution in [0.4, 0.5) is 13.2 Å². The largest absolute Gasteiger partial charge is 0.496 e. The normalized spacial score (nSPS) is 13.4. The van der Waals surface area contributed by atoms with Crippen molar-refractivity contribution in [2.75, 3.05) is 7.11 Å². The van der Waals surface area contributed by atoms with Crippen LogP contribution in [0.3, 0.4) is 0 Å². The van der Waals surface area contributed by atoms with E-state index in [9.17, 15) is 27.9 Å². The molecule has 40 heavy (non-hydrogen) atoms. The molecule has 1 aliphatic carbocycles. The number of aliphatic carboxylic acids is 1. The highest BCUT2D eigenvalue weighted by Gasteiger charge is 2.32. The lowest BCUT2D eigenvalue weighted by Gasteiger charge is -2.10. The van der Waals surface area contributed by atoms with Crippen LogP contribution in [0.5, 0.6) is 5.75 Å². The molecule has 208 valence electrons. The third-order valence-corrected chi connectivity index (χ3v) is 7.01. The summed E-state index contributed by atoms with van der Waals surface area (Å²) in [4.78, 5) is 24.3. The zero-order valence-corrected chi connectivity index (χ0v) is 21.8. The van der Waals surface area contributed by atoms with Gasteiger partial charge in [-0.15, -0.1) is 5.10 Å². The SMILES string of the molecule is COc1ccc(-c2ccc(CCCc3nn(-c4ccc(C(F)(F)F)cc4)c(=O)n3C3CC3)cc2)cc1CC(=O)O. The Kier molecular flexibility index (Phi) is 7.51. The van der Waals surface area contributed by atoms with Gasteiger partial charge >= 0.3 is 17.8 Å². The lowest BCUT2D eigenvalue weighted by atomic mass is 9.98. The predicted octanol–water partition coefficient (Wildman–Crippen LogP) is 5.87. The molecule has 1 saturated carbocycles. The number of methoxy groups -OCH3 is 1. The van der Waals surface area contributed by atoms with Crippen molar-refractivity contribution in [3.05, 3.63) is 99.7 Å². The third-order valence-electron chi connectivity index (χ3n) is 7.01. The Morgan fingerprint density at radius 2 is 1.68 bits per heavy atom. The monoisotopic (exact) mass is 551 g/mol. The van der Waals surface area contributed by atoms with Gasteiger partial charge in [-0.2, -0.15) is 17.9 Å². The number of carboxylic acid groups (broad SMARTS) is 1. The number of aromatic nitrogens is 3. The summed E-state index contributed by atoms with van der Waals surface area (Å²) in [6, 6.07) is 18.0. The van der Waals surface area contributed by atoms with Gasteiger partial charge in [0.1, 0.15) is 11.6 Å². The van der Waals surface area contributed by atoms with Crippen LogP contribution in [0.1, 0.15) is 47.8 Å². The number of ether oxygens (including phenoxy) is 1. The molecule has 1 aromatic heterocycles. The molecule has 1 aliphatic rings. The van der Waals surface area contributed by atoms with Gasteiger partial charge in [-0.3, -0.25) is 9.36 Å². The average Bonchev–Trinajstić information content (AvgIpc) is 3.71. The van der Waals surface area contributed by atoms with Crippen molar-refractivity contribution in [3.63, 3.8) is 0 Å². The molecule has 5 rings (SSSR count). The molecule has 1 heterocycles. The van der Waals surface area contributed by atoms with E-state index in [1.165, 1.54) is 23.9 Å². The van der Waals surface area contributed by atoms with Gasteiger partial charge in [0.05, 0.1) is 24.8 Å². The molecule has 0 unspecified atom stereocenters. The van der Waals surface area contributed by atoms with Gasteiger partial charge in [0.15, 0.2) is 0 Å². The zero-order valence-electron chi connectivity index (χ0n) is 21.8. The van der Waals surface area contributed by atoms with Gasteiger partial charge in [-0.1, -0.05) is 30.3 Å². The number of benzene rings is 3. The Morgan fingerprint density at radius 1 is 1.00 bits per heavy atom. The van der Waals surface area contributed by atoms with Crippen LogP contribution in [0.2, 0.25) is 0 Å². The molecule has 0 saturated heterocycles. The summed E-state index contributed by atoms with van der Waals surface area (Å²) in [6.07, 6.45) is -0.773. The van der Waals surface area contributed by atoms with Crippen LogP contribution in [0, 0.1) is 0 Å². The molecule has 0 bridgehead atoms. The summed E-state index contributed by atoms with van der Waals surface area (Å²) in [5.74, 6) is 0.239. The molecule has 3 aromatic carbocycles. The van der Waals surface area contributed by atoms with E-state index >= 15 is 0 Å². The minimum atomic E-state index is -4.45. The second kappa shape index (κ2) is 11.0. The standard InChI is InChI=1S/C30H28F3N3O4/c1-40-26-16-9-21(17-22(26)18-28(37)38)20-7-5-19(6-8-20)3-2-4-27-34-36(29(39)35(27)24-14-15-24)25-12-10-23(11-13-25)30(31,32)33/h5-13,16-17,24H,2-4,14-15,18H2,1H3,(H,37,38). The van der Waals surface area contributed by atoms with E-state index in [2.05, 4.69) is 5.10 Å². The van der Waals surface area contributed by atoms with Crippen molar-refractivity contribution in [1.29, 1.82) is 0 Å². The number of aryl methyl sites for hydroxylation is 2. The maximum absolute atomic E-state index is 13.1. The Morgan fingerprint density at radius 3 is 2.27 bits per heavy atom. The van der Waals surface area contributed by atoms with Crippen LogP contribution >= 0.6 is 0 Å². The van der Waals surface area contributed by atoms with Crippen molar-refractivity contribution in [2.45, 2.75) is 50.7 Å². The topological polar surface area (TPSA) is 86.4 Å². The maximum Gasteiger partial charge on any atom is 0.416 e. The van der Waals surface area contributed by atoms with Crippen molar-refractivity contribution >= 4 is 5.97 Å². The molecular weight excluding hydrogens is 523 g/mol. The first-order valence-electron chi connectivity index (χ1n) is 13.0. The molecule has 0 spiro atoms. The Balaban J connectivity index is 1.28. The van der Waals surface area contributed by atoms with Crippen molar-refractivity contribution in [2.24, 2.45) is 0 Å². The van der Waals surface area contributed by atoms with Crippen molar-refractivity contribution in [1.82, 2.24) is 14.3 Å². The molecule has 0 amide bonds. The van der Waals surface area contributed by atoms with Crippen LogP contribution in [-0.2, 0) is 30.2 Å². The van der Waals surface area contributed by atoms with Gasteiger partial charge in [-0.25, -0.2) is 4.79 Å². The number of nitrogens with zero attached hydrogens (tertiary/aromatic N) is 3. The van der Waals surface area contributed by atoms with E-state index in [0.717, 1.165) is 54.5 Å². The quantitative estimate of drug-likeness (QED) is 0.267. The van der Waals surface area contributed by atoms with E-state index < -0.39 is 17.7 Å². The molecule has 0 atom stereocenters. The van der Waals surface area contributed by atoms with E-state index in [1.807, 2.05) is 36.4 Å². The van der Waals surface area contributed by atoms with E-state index in [4.69, 9.17) is 4.74 Å². The zero-order chi connectivity index (χ0) is 28.4. The molecule has 1 N–H and O–H groups in total. The number of carboxylic acids is 1. The first kappa shape index (κ1) is 27.2. The number of rotatable bonds is 10. The van der Waals surface area contributed by atoms with Gasteiger partial charge in [0.2, 0.25) is 0 Å². The Hall–Kier alpha value is -4.34. The molecule has 7 nitrogen and oxygen atoms in total. The Labute approximate surface area is 228 Å². The fourth-order valence-electron chi connectivity index (χ4n) is 4.82. The number of alkyl halides is 3. The second-order valence-electron chi connectivity index (χ2n) is 9.90. The molecular formula is C30H28F3N3O4. The smallest absolute Gasteiger partial charge is 0.416 e. The summed E-state index contributed by atoms with van der Waals surface area (Å²) in [5.41, 5.74) is 2.76. The highest BCUT2D eigenvalue weighted by atomic mass is 19.4. The first-order chi connectivity index (χ1) is 19.1. The summed E-state index contributed by atoms with van der Waals surface area (Å²) >= 11 is 0.